The molecular formula is C14H23NO. The molecular weight excluding hydrogens is 198 g/mol. The van der Waals surface area contributed by atoms with Crippen LogP contribution in [0.4, 0.5) is 0 Å². The summed E-state index contributed by atoms with van der Waals surface area (Å²) in [5.74, 6) is 0.894. The third-order valence-electron chi connectivity index (χ3n) is 3.10. The van der Waals surface area contributed by atoms with Crippen molar-refractivity contribution < 1.29 is 5.11 Å². The van der Waals surface area contributed by atoms with Gasteiger partial charge in [-0.1, -0.05) is 25.5 Å². The highest BCUT2D eigenvalue weighted by atomic mass is 16.3. The summed E-state index contributed by atoms with van der Waals surface area (Å²) in [6.45, 7) is 4.98. The van der Waals surface area contributed by atoms with E-state index in [2.05, 4.69) is 19.9 Å². The van der Waals surface area contributed by atoms with Gasteiger partial charge in [-0.25, -0.2) is 0 Å². The highest BCUT2D eigenvalue weighted by Gasteiger charge is 2.16. The maximum atomic E-state index is 9.96. The van der Waals surface area contributed by atoms with E-state index < -0.39 is 0 Å². The van der Waals surface area contributed by atoms with Crippen molar-refractivity contribution in [1.82, 2.24) is 0 Å². The number of phenolic OH excluding ortho intramolecular Hbond substituents is 1. The zero-order valence-electron chi connectivity index (χ0n) is 10.4. The molecule has 0 aliphatic heterocycles. The topological polar surface area (TPSA) is 46.2 Å². The Labute approximate surface area is 98.5 Å². The average Bonchev–Trinajstić information content (AvgIpc) is 2.25. The Morgan fingerprint density at radius 2 is 2.06 bits per heavy atom. The number of hydrogen-bond donors (Lipinski definition) is 2. The standard InChI is InChI=1S/C14H23NO/c1-3-6-12(8-5-10-15)14-11(2)7-4-9-13(14)16/h4,7,9,12,16H,3,5-6,8,10,15H2,1-2H3. The van der Waals surface area contributed by atoms with Gasteiger partial charge in [0, 0.05) is 0 Å². The van der Waals surface area contributed by atoms with Crippen LogP contribution in [-0.2, 0) is 0 Å². The molecule has 0 fully saturated rings. The van der Waals surface area contributed by atoms with Gasteiger partial charge in [-0.15, -0.1) is 0 Å². The number of aromatic hydroxyl groups is 1. The molecule has 0 heterocycles. The molecule has 0 spiro atoms. The van der Waals surface area contributed by atoms with Gasteiger partial charge >= 0.3 is 0 Å². The summed E-state index contributed by atoms with van der Waals surface area (Å²) >= 11 is 0. The first-order valence-electron chi connectivity index (χ1n) is 6.19. The third kappa shape index (κ3) is 3.24. The number of nitrogens with two attached hydrogens (primary N) is 1. The molecule has 2 heteroatoms. The molecule has 0 bridgehead atoms. The Bertz CT molecular complexity index is 302. The van der Waals surface area contributed by atoms with Crippen molar-refractivity contribution in [3.8, 4) is 5.75 Å². The van der Waals surface area contributed by atoms with Gasteiger partial charge < -0.3 is 10.8 Å². The van der Waals surface area contributed by atoms with Crippen molar-refractivity contribution in [3.63, 3.8) is 0 Å². The molecule has 1 atom stereocenters. The minimum absolute atomic E-state index is 0.440. The number of hydrogen-bond acceptors (Lipinski definition) is 2. The summed E-state index contributed by atoms with van der Waals surface area (Å²) in [6, 6.07) is 5.76. The second-order valence-electron chi connectivity index (χ2n) is 4.42. The maximum Gasteiger partial charge on any atom is 0.119 e. The van der Waals surface area contributed by atoms with Crippen LogP contribution in [0.5, 0.6) is 5.75 Å². The highest BCUT2D eigenvalue weighted by Crippen LogP contribution is 2.34. The number of rotatable bonds is 6. The molecule has 1 rings (SSSR count). The number of aryl methyl sites for hydroxylation is 1. The zero-order chi connectivity index (χ0) is 12.0. The molecule has 90 valence electrons. The van der Waals surface area contributed by atoms with E-state index in [0.717, 1.165) is 37.8 Å². The molecule has 0 radical (unpaired) electrons. The Morgan fingerprint density at radius 1 is 1.31 bits per heavy atom. The van der Waals surface area contributed by atoms with Crippen LogP contribution in [0.15, 0.2) is 18.2 Å². The van der Waals surface area contributed by atoms with Crippen LogP contribution in [-0.4, -0.2) is 11.7 Å². The summed E-state index contributed by atoms with van der Waals surface area (Å²) in [4.78, 5) is 0. The number of phenols is 1. The lowest BCUT2D eigenvalue weighted by atomic mass is 9.87. The average molecular weight is 221 g/mol. The van der Waals surface area contributed by atoms with Crippen molar-refractivity contribution >= 4 is 0 Å². The maximum absolute atomic E-state index is 9.96. The smallest absolute Gasteiger partial charge is 0.119 e. The van der Waals surface area contributed by atoms with E-state index in [4.69, 9.17) is 5.73 Å². The molecule has 1 unspecified atom stereocenters. The van der Waals surface area contributed by atoms with Crippen molar-refractivity contribution in [2.24, 2.45) is 5.73 Å². The summed E-state index contributed by atoms with van der Waals surface area (Å²) in [5.41, 5.74) is 7.88. The van der Waals surface area contributed by atoms with Gasteiger partial charge in [-0.3, -0.25) is 0 Å². The van der Waals surface area contributed by atoms with Crippen molar-refractivity contribution in [1.29, 1.82) is 0 Å². The normalized spacial score (nSPS) is 12.7. The van der Waals surface area contributed by atoms with E-state index in [-0.39, 0.29) is 0 Å². The van der Waals surface area contributed by atoms with Crippen molar-refractivity contribution in [2.75, 3.05) is 6.54 Å². The first-order chi connectivity index (χ1) is 7.70. The molecule has 0 aliphatic carbocycles. The second kappa shape index (κ2) is 6.54. The minimum atomic E-state index is 0.440. The Hall–Kier alpha value is -1.02. The summed E-state index contributed by atoms with van der Waals surface area (Å²) in [6.07, 6.45) is 4.36. The predicted molar refractivity (Wildman–Crippen MR) is 68.8 cm³/mol. The van der Waals surface area contributed by atoms with Gasteiger partial charge in [-0.2, -0.15) is 0 Å². The van der Waals surface area contributed by atoms with E-state index in [0.29, 0.717) is 11.7 Å². The van der Waals surface area contributed by atoms with Gasteiger partial charge in [0.25, 0.3) is 0 Å². The molecule has 0 aromatic heterocycles. The van der Waals surface area contributed by atoms with Crippen LogP contribution >= 0.6 is 0 Å². The lowest BCUT2D eigenvalue weighted by Gasteiger charge is -2.19. The molecule has 0 saturated carbocycles. The fraction of sp³-hybridized carbons (Fsp3) is 0.571. The molecule has 16 heavy (non-hydrogen) atoms. The zero-order valence-corrected chi connectivity index (χ0v) is 10.4. The SMILES string of the molecule is CCCC(CCCN)c1c(C)cccc1O. The lowest BCUT2D eigenvalue weighted by Crippen LogP contribution is -2.06. The Morgan fingerprint density at radius 3 is 2.62 bits per heavy atom. The van der Waals surface area contributed by atoms with Crippen LogP contribution in [0, 0.1) is 6.92 Å². The van der Waals surface area contributed by atoms with Gasteiger partial charge in [0.05, 0.1) is 0 Å². The second-order valence-corrected chi connectivity index (χ2v) is 4.42. The molecule has 3 N–H and O–H groups in total. The van der Waals surface area contributed by atoms with E-state index in [1.807, 2.05) is 6.07 Å². The summed E-state index contributed by atoms with van der Waals surface area (Å²) < 4.78 is 0. The highest BCUT2D eigenvalue weighted by molar-refractivity contribution is 5.41. The van der Waals surface area contributed by atoms with Gasteiger partial charge in [0.1, 0.15) is 5.75 Å². The predicted octanol–water partition coefficient (Wildman–Crippen LogP) is 3.32. The number of benzene rings is 1. The van der Waals surface area contributed by atoms with Crippen LogP contribution in [0.1, 0.15) is 49.7 Å². The van der Waals surface area contributed by atoms with Crippen molar-refractivity contribution in [3.05, 3.63) is 29.3 Å². The van der Waals surface area contributed by atoms with E-state index >= 15 is 0 Å². The van der Waals surface area contributed by atoms with E-state index in [9.17, 15) is 5.11 Å². The quantitative estimate of drug-likeness (QED) is 0.774. The summed E-state index contributed by atoms with van der Waals surface area (Å²) in [7, 11) is 0. The molecule has 1 aromatic carbocycles. The van der Waals surface area contributed by atoms with Crippen LogP contribution < -0.4 is 5.73 Å². The van der Waals surface area contributed by atoms with E-state index in [1.54, 1.807) is 6.07 Å². The van der Waals surface area contributed by atoms with Gasteiger partial charge in [0.15, 0.2) is 0 Å². The largest absolute Gasteiger partial charge is 0.508 e. The molecule has 0 amide bonds. The fourth-order valence-electron chi connectivity index (χ4n) is 2.34. The third-order valence-corrected chi connectivity index (χ3v) is 3.10. The summed E-state index contributed by atoms with van der Waals surface area (Å²) in [5, 5.41) is 9.96. The molecule has 0 saturated heterocycles. The monoisotopic (exact) mass is 221 g/mol. The van der Waals surface area contributed by atoms with Crippen LogP contribution in [0.25, 0.3) is 0 Å². The fourth-order valence-corrected chi connectivity index (χ4v) is 2.34. The molecule has 1 aromatic rings. The van der Waals surface area contributed by atoms with Gasteiger partial charge in [-0.05, 0) is 55.8 Å². The minimum Gasteiger partial charge on any atom is -0.508 e. The van der Waals surface area contributed by atoms with Gasteiger partial charge in [0.2, 0.25) is 0 Å². The van der Waals surface area contributed by atoms with Crippen molar-refractivity contribution in [2.45, 2.75) is 45.4 Å². The molecule has 2 nitrogen and oxygen atoms in total. The van der Waals surface area contributed by atoms with Crippen LogP contribution in [0.2, 0.25) is 0 Å². The van der Waals surface area contributed by atoms with E-state index in [1.165, 1.54) is 5.56 Å². The Kier molecular flexibility index (Phi) is 5.33. The first kappa shape index (κ1) is 13.0. The van der Waals surface area contributed by atoms with Crippen LogP contribution in [0.3, 0.4) is 0 Å². The Balaban J connectivity index is 2.90. The molecule has 0 aliphatic rings. The lowest BCUT2D eigenvalue weighted by molar-refractivity contribution is 0.448. The first-order valence-corrected chi connectivity index (χ1v) is 6.19.